The number of halogens is 2. The second kappa shape index (κ2) is 7.16. The molecule has 1 fully saturated rings. The third-order valence-corrected chi connectivity index (χ3v) is 6.53. The minimum atomic E-state index is -0.490. The molecular weight excluding hydrogens is 381 g/mol. The van der Waals surface area contributed by atoms with Gasteiger partial charge in [0.05, 0.1) is 28.6 Å². The second-order valence-corrected chi connectivity index (χ2v) is 8.59. The summed E-state index contributed by atoms with van der Waals surface area (Å²) < 4.78 is 25.7. The van der Waals surface area contributed by atoms with Gasteiger partial charge in [-0.25, -0.2) is 4.39 Å². The van der Waals surface area contributed by atoms with Crippen LogP contribution in [0.15, 0.2) is 27.8 Å². The Bertz CT molecular complexity index is 889. The standard InChI is InChI=1S/C21H25ClFN3O2/c1-12-8-14(9-12)26-13(2)21(3,11-24-26)20-15(10-27-4)19(25-28-20)18-16(22)6-5-7-17(18)23/h5-7,11-14H,8-10H2,1-4H3. The molecule has 2 heterocycles. The van der Waals surface area contributed by atoms with Gasteiger partial charge in [0.1, 0.15) is 11.5 Å². The molecule has 1 saturated carbocycles. The van der Waals surface area contributed by atoms with Crippen LogP contribution in [0.25, 0.3) is 11.3 Å². The Morgan fingerprint density at radius 3 is 2.75 bits per heavy atom. The number of benzene rings is 1. The highest BCUT2D eigenvalue weighted by Gasteiger charge is 2.48. The fourth-order valence-electron chi connectivity index (χ4n) is 4.34. The summed E-state index contributed by atoms with van der Waals surface area (Å²) in [6.07, 6.45) is 4.22. The van der Waals surface area contributed by atoms with Crippen molar-refractivity contribution in [3.05, 3.63) is 40.4 Å². The average Bonchev–Trinajstić information content (AvgIpc) is 3.16. The van der Waals surface area contributed by atoms with E-state index in [2.05, 4.69) is 30.9 Å². The normalized spacial score (nSPS) is 29.4. The Labute approximate surface area is 169 Å². The molecule has 1 aromatic heterocycles. The molecule has 0 spiro atoms. The summed E-state index contributed by atoms with van der Waals surface area (Å²) in [6.45, 7) is 6.73. The summed E-state index contributed by atoms with van der Waals surface area (Å²) in [5, 5.41) is 11.4. The molecule has 5 nitrogen and oxygen atoms in total. The summed E-state index contributed by atoms with van der Waals surface area (Å²) in [4.78, 5) is 0. The van der Waals surface area contributed by atoms with E-state index in [1.807, 2.05) is 6.21 Å². The first-order valence-electron chi connectivity index (χ1n) is 9.62. The van der Waals surface area contributed by atoms with E-state index in [0.717, 1.165) is 18.8 Å². The van der Waals surface area contributed by atoms with Gasteiger partial charge >= 0.3 is 0 Å². The summed E-state index contributed by atoms with van der Waals surface area (Å²) in [7, 11) is 1.60. The summed E-state index contributed by atoms with van der Waals surface area (Å²) in [6, 6.07) is 5.14. The smallest absolute Gasteiger partial charge is 0.156 e. The Balaban J connectivity index is 1.75. The van der Waals surface area contributed by atoms with Crippen LogP contribution in [0.4, 0.5) is 4.39 Å². The second-order valence-electron chi connectivity index (χ2n) is 8.18. The first-order chi connectivity index (χ1) is 13.4. The molecule has 1 aliphatic carbocycles. The molecular formula is C21H25ClFN3O2. The van der Waals surface area contributed by atoms with Gasteiger partial charge in [-0.2, -0.15) is 5.10 Å². The lowest BCUT2D eigenvalue weighted by atomic mass is 9.77. The number of nitrogens with zero attached hydrogens (tertiary/aromatic N) is 3. The van der Waals surface area contributed by atoms with Crippen molar-refractivity contribution in [3.63, 3.8) is 0 Å². The molecule has 2 unspecified atom stereocenters. The van der Waals surface area contributed by atoms with Crippen molar-refractivity contribution in [2.24, 2.45) is 11.0 Å². The third-order valence-electron chi connectivity index (χ3n) is 6.21. The van der Waals surface area contributed by atoms with Gasteiger partial charge in [0, 0.05) is 24.9 Å². The van der Waals surface area contributed by atoms with Gasteiger partial charge in [-0.3, -0.25) is 5.01 Å². The zero-order valence-corrected chi connectivity index (χ0v) is 17.3. The van der Waals surface area contributed by atoms with Crippen LogP contribution in [0.2, 0.25) is 5.02 Å². The average molecular weight is 406 g/mol. The molecule has 0 saturated heterocycles. The van der Waals surface area contributed by atoms with Gasteiger partial charge in [0.15, 0.2) is 5.76 Å². The van der Waals surface area contributed by atoms with Crippen molar-refractivity contribution in [2.45, 2.75) is 57.7 Å². The molecule has 0 bridgehead atoms. The lowest BCUT2D eigenvalue weighted by Crippen LogP contribution is -2.49. The maximum atomic E-state index is 14.5. The highest BCUT2D eigenvalue weighted by Crippen LogP contribution is 2.44. The van der Waals surface area contributed by atoms with Crippen molar-refractivity contribution in [3.8, 4) is 11.3 Å². The summed E-state index contributed by atoms with van der Waals surface area (Å²) >= 11 is 6.28. The lowest BCUT2D eigenvalue weighted by molar-refractivity contribution is 0.0506. The number of aromatic nitrogens is 1. The van der Waals surface area contributed by atoms with Crippen molar-refractivity contribution < 1.29 is 13.7 Å². The van der Waals surface area contributed by atoms with Gasteiger partial charge in [-0.15, -0.1) is 0 Å². The fraction of sp³-hybridized carbons (Fsp3) is 0.524. The first kappa shape index (κ1) is 19.4. The van der Waals surface area contributed by atoms with E-state index in [4.69, 9.17) is 26.0 Å². The van der Waals surface area contributed by atoms with Crippen LogP contribution in [-0.4, -0.2) is 35.6 Å². The highest BCUT2D eigenvalue weighted by molar-refractivity contribution is 6.33. The molecule has 1 aromatic carbocycles. The largest absolute Gasteiger partial charge is 0.380 e. The molecule has 0 radical (unpaired) electrons. The van der Waals surface area contributed by atoms with Crippen LogP contribution in [0, 0.1) is 11.7 Å². The first-order valence-corrected chi connectivity index (χ1v) is 10.0. The quantitative estimate of drug-likeness (QED) is 0.700. The minimum Gasteiger partial charge on any atom is -0.380 e. The van der Waals surface area contributed by atoms with E-state index in [1.54, 1.807) is 19.2 Å². The molecule has 1 aliphatic heterocycles. The minimum absolute atomic E-state index is 0.0949. The molecule has 2 aromatic rings. The number of rotatable bonds is 5. The lowest BCUT2D eigenvalue weighted by Gasteiger charge is -2.43. The van der Waals surface area contributed by atoms with Crippen molar-refractivity contribution >= 4 is 17.8 Å². The molecule has 2 aliphatic rings. The van der Waals surface area contributed by atoms with Crippen LogP contribution in [0.5, 0.6) is 0 Å². The highest BCUT2D eigenvalue weighted by atomic mass is 35.5. The predicted molar refractivity (Wildman–Crippen MR) is 107 cm³/mol. The maximum Gasteiger partial charge on any atom is 0.156 e. The van der Waals surface area contributed by atoms with Gasteiger partial charge in [-0.1, -0.05) is 29.7 Å². The number of hydrazone groups is 1. The van der Waals surface area contributed by atoms with Gasteiger partial charge < -0.3 is 9.26 Å². The number of ether oxygens (including phenoxy) is 1. The molecule has 150 valence electrons. The van der Waals surface area contributed by atoms with E-state index in [9.17, 15) is 4.39 Å². The SMILES string of the molecule is COCc1c(-c2c(F)cccc2Cl)noc1C1(C)C=NN(C2CC(C)C2)C1C. The van der Waals surface area contributed by atoms with E-state index in [-0.39, 0.29) is 18.2 Å². The van der Waals surface area contributed by atoms with Crippen LogP contribution in [-0.2, 0) is 16.8 Å². The zero-order chi connectivity index (χ0) is 20.1. The molecule has 0 amide bonds. The van der Waals surface area contributed by atoms with E-state index in [1.165, 1.54) is 6.07 Å². The van der Waals surface area contributed by atoms with Gasteiger partial charge in [0.2, 0.25) is 0 Å². The van der Waals surface area contributed by atoms with E-state index in [0.29, 0.717) is 28.1 Å². The van der Waals surface area contributed by atoms with Crippen molar-refractivity contribution in [1.82, 2.24) is 10.2 Å². The Kier molecular flexibility index (Phi) is 4.96. The Morgan fingerprint density at radius 2 is 2.11 bits per heavy atom. The predicted octanol–water partition coefficient (Wildman–Crippen LogP) is 5.03. The van der Waals surface area contributed by atoms with Crippen LogP contribution in [0.1, 0.15) is 44.9 Å². The van der Waals surface area contributed by atoms with Crippen LogP contribution in [0.3, 0.4) is 0 Å². The number of hydrogen-bond acceptors (Lipinski definition) is 5. The van der Waals surface area contributed by atoms with E-state index < -0.39 is 11.2 Å². The summed E-state index contributed by atoms with van der Waals surface area (Å²) in [5.41, 5.74) is 0.842. The Hall–Kier alpha value is -1.92. The molecule has 0 N–H and O–H groups in total. The molecule has 28 heavy (non-hydrogen) atoms. The van der Waals surface area contributed by atoms with Crippen molar-refractivity contribution in [2.75, 3.05) is 7.11 Å². The van der Waals surface area contributed by atoms with Gasteiger partial charge in [-0.05, 0) is 44.7 Å². The maximum absolute atomic E-state index is 14.5. The third kappa shape index (κ3) is 2.94. The summed E-state index contributed by atoms with van der Waals surface area (Å²) in [5.74, 6) is 0.950. The van der Waals surface area contributed by atoms with E-state index >= 15 is 0 Å². The number of hydrogen-bond donors (Lipinski definition) is 0. The number of methoxy groups -OCH3 is 1. The van der Waals surface area contributed by atoms with Gasteiger partial charge in [0.25, 0.3) is 0 Å². The Morgan fingerprint density at radius 1 is 1.36 bits per heavy atom. The molecule has 4 rings (SSSR count). The monoisotopic (exact) mass is 405 g/mol. The molecule has 7 heteroatoms. The zero-order valence-electron chi connectivity index (χ0n) is 16.6. The van der Waals surface area contributed by atoms with Crippen LogP contribution < -0.4 is 0 Å². The topological polar surface area (TPSA) is 50.9 Å². The molecule has 2 atom stereocenters. The fourth-order valence-corrected chi connectivity index (χ4v) is 4.59. The van der Waals surface area contributed by atoms with Crippen LogP contribution >= 0.6 is 11.6 Å². The van der Waals surface area contributed by atoms with Crippen molar-refractivity contribution in [1.29, 1.82) is 0 Å².